The topological polar surface area (TPSA) is 63.2 Å². The Morgan fingerprint density at radius 2 is 2.36 bits per heavy atom. The Hall–Kier alpha value is -0.510. The van der Waals surface area contributed by atoms with Gasteiger partial charge < -0.3 is 15.4 Å². The van der Waals surface area contributed by atoms with E-state index in [0.29, 0.717) is 24.8 Å². The Balaban J connectivity index is 0.00000176. The van der Waals surface area contributed by atoms with Crippen LogP contribution in [0.4, 0.5) is 5.13 Å². The molecule has 0 aromatic carbocycles. The summed E-state index contributed by atoms with van der Waals surface area (Å²) in [5.74, 6) is -0.0359. The van der Waals surface area contributed by atoms with Crippen LogP contribution in [-0.2, 0) is 9.53 Å². The molecule has 2 N–H and O–H groups in total. The zero-order valence-electron chi connectivity index (χ0n) is 11.5. The first kappa shape index (κ1) is 17.8. The number of morpholine rings is 1. The van der Waals surface area contributed by atoms with Crippen LogP contribution in [0.5, 0.6) is 0 Å². The monoisotopic (exact) mass is 423 g/mol. The molecule has 1 atom stereocenters. The second-order valence-corrected chi connectivity index (χ2v) is 7.33. The lowest BCUT2D eigenvalue weighted by atomic mass is 10.2. The molecule has 120 valence electrons. The van der Waals surface area contributed by atoms with Crippen molar-refractivity contribution in [1.29, 1.82) is 0 Å². The van der Waals surface area contributed by atoms with Gasteiger partial charge in [-0.3, -0.25) is 4.79 Å². The Labute approximate surface area is 151 Å². The summed E-state index contributed by atoms with van der Waals surface area (Å²) in [4.78, 5) is 17.5. The molecular formula is C13H15BrClN3O2S2. The van der Waals surface area contributed by atoms with Crippen molar-refractivity contribution in [1.82, 2.24) is 10.3 Å². The maximum atomic E-state index is 12.0. The molecule has 1 fully saturated rings. The van der Waals surface area contributed by atoms with Crippen LogP contribution in [0.3, 0.4) is 0 Å². The minimum atomic E-state index is -0.0359. The third-order valence-corrected chi connectivity index (χ3v) is 5.47. The first-order valence-corrected chi connectivity index (χ1v) is 9.07. The van der Waals surface area contributed by atoms with Crippen molar-refractivity contribution in [3.63, 3.8) is 0 Å². The van der Waals surface area contributed by atoms with Crippen molar-refractivity contribution in [2.75, 3.05) is 25.1 Å². The number of carbonyl (C=O) groups is 1. The van der Waals surface area contributed by atoms with Crippen molar-refractivity contribution in [2.24, 2.45) is 0 Å². The van der Waals surface area contributed by atoms with Gasteiger partial charge in [0.05, 0.1) is 23.8 Å². The van der Waals surface area contributed by atoms with Crippen LogP contribution in [0.2, 0.25) is 0 Å². The van der Waals surface area contributed by atoms with Gasteiger partial charge in [-0.25, -0.2) is 4.98 Å². The Morgan fingerprint density at radius 1 is 1.50 bits per heavy atom. The second-order valence-electron chi connectivity index (χ2n) is 4.65. The molecule has 3 heterocycles. The third-order valence-electron chi connectivity index (χ3n) is 3.00. The highest BCUT2D eigenvalue weighted by Gasteiger charge is 2.17. The van der Waals surface area contributed by atoms with Gasteiger partial charge in [0.15, 0.2) is 5.13 Å². The summed E-state index contributed by atoms with van der Waals surface area (Å²) < 4.78 is 6.38. The van der Waals surface area contributed by atoms with Crippen LogP contribution in [0, 0.1) is 0 Å². The van der Waals surface area contributed by atoms with Crippen LogP contribution >= 0.6 is 51.0 Å². The zero-order valence-corrected chi connectivity index (χ0v) is 15.5. The highest BCUT2D eigenvalue weighted by molar-refractivity contribution is 9.10. The van der Waals surface area contributed by atoms with E-state index < -0.39 is 0 Å². The number of rotatable bonds is 4. The third kappa shape index (κ3) is 4.74. The van der Waals surface area contributed by atoms with Gasteiger partial charge in [0, 0.05) is 34.2 Å². The average Bonchev–Trinajstić information content (AvgIpc) is 3.09. The second kappa shape index (κ2) is 8.37. The predicted octanol–water partition coefficient (Wildman–Crippen LogP) is 3.37. The van der Waals surface area contributed by atoms with E-state index in [1.807, 2.05) is 16.8 Å². The number of carbonyl (C=O) groups excluding carboxylic acids is 1. The van der Waals surface area contributed by atoms with Gasteiger partial charge in [0.2, 0.25) is 5.91 Å². The molecule has 0 bridgehead atoms. The van der Waals surface area contributed by atoms with E-state index in [1.54, 1.807) is 11.3 Å². The summed E-state index contributed by atoms with van der Waals surface area (Å²) in [6, 6.07) is 2.11. The SMILES string of the molecule is Cl.O=C(CC1COCCN1)Nc1nc(-c2cc(Br)cs2)cs1. The molecule has 1 saturated heterocycles. The molecule has 9 heteroatoms. The van der Waals surface area contributed by atoms with Gasteiger partial charge in [-0.1, -0.05) is 0 Å². The van der Waals surface area contributed by atoms with Crippen LogP contribution in [0.15, 0.2) is 21.3 Å². The van der Waals surface area contributed by atoms with Crippen molar-refractivity contribution in [2.45, 2.75) is 12.5 Å². The number of hydrogen-bond acceptors (Lipinski definition) is 6. The number of nitrogens with one attached hydrogen (secondary N) is 2. The lowest BCUT2D eigenvalue weighted by molar-refractivity contribution is -0.117. The number of thiazole rings is 1. The average molecular weight is 425 g/mol. The van der Waals surface area contributed by atoms with Gasteiger partial charge in [-0.15, -0.1) is 35.1 Å². The fourth-order valence-electron chi connectivity index (χ4n) is 2.04. The minimum absolute atomic E-state index is 0. The van der Waals surface area contributed by atoms with Crippen molar-refractivity contribution >= 4 is 62.0 Å². The van der Waals surface area contributed by atoms with Crippen LogP contribution < -0.4 is 10.6 Å². The number of thiophene rings is 1. The lowest BCUT2D eigenvalue weighted by Gasteiger charge is -2.22. The molecule has 1 aliphatic heterocycles. The van der Waals surface area contributed by atoms with Gasteiger partial charge in [-0.2, -0.15) is 0 Å². The van der Waals surface area contributed by atoms with Gasteiger partial charge in [0.1, 0.15) is 0 Å². The number of ether oxygens (including phenoxy) is 1. The fourth-order valence-corrected chi connectivity index (χ4v) is 4.23. The van der Waals surface area contributed by atoms with Crippen molar-refractivity contribution in [3.05, 3.63) is 21.3 Å². The lowest BCUT2D eigenvalue weighted by Crippen LogP contribution is -2.43. The summed E-state index contributed by atoms with van der Waals surface area (Å²) in [5, 5.41) is 10.7. The molecule has 1 amide bonds. The number of amides is 1. The predicted molar refractivity (Wildman–Crippen MR) is 96.2 cm³/mol. The number of aromatic nitrogens is 1. The van der Waals surface area contributed by atoms with E-state index in [-0.39, 0.29) is 24.4 Å². The molecule has 0 radical (unpaired) electrons. The molecule has 5 nitrogen and oxygen atoms in total. The molecule has 1 unspecified atom stereocenters. The number of halogens is 2. The highest BCUT2D eigenvalue weighted by Crippen LogP contribution is 2.31. The van der Waals surface area contributed by atoms with E-state index in [4.69, 9.17) is 4.74 Å². The number of anilines is 1. The van der Waals surface area contributed by atoms with Crippen LogP contribution in [0.25, 0.3) is 10.6 Å². The molecule has 2 aromatic heterocycles. The number of nitrogens with zero attached hydrogens (tertiary/aromatic N) is 1. The van der Waals surface area contributed by atoms with Crippen LogP contribution in [0.1, 0.15) is 6.42 Å². The van der Waals surface area contributed by atoms with Gasteiger partial charge >= 0.3 is 0 Å². The molecule has 3 rings (SSSR count). The minimum Gasteiger partial charge on any atom is -0.378 e. The van der Waals surface area contributed by atoms with Crippen molar-refractivity contribution < 1.29 is 9.53 Å². The molecule has 0 spiro atoms. The van der Waals surface area contributed by atoms with Gasteiger partial charge in [0.25, 0.3) is 0 Å². The first-order valence-electron chi connectivity index (χ1n) is 6.51. The smallest absolute Gasteiger partial charge is 0.227 e. The molecule has 22 heavy (non-hydrogen) atoms. The summed E-state index contributed by atoms with van der Waals surface area (Å²) in [5.41, 5.74) is 0.894. The molecule has 1 aliphatic rings. The largest absolute Gasteiger partial charge is 0.378 e. The van der Waals surface area contributed by atoms with Crippen LogP contribution in [-0.4, -0.2) is 36.7 Å². The van der Waals surface area contributed by atoms with E-state index in [1.165, 1.54) is 11.3 Å². The number of hydrogen-bond donors (Lipinski definition) is 2. The normalized spacial score (nSPS) is 17.8. The summed E-state index contributed by atoms with van der Waals surface area (Å²) in [7, 11) is 0. The van der Waals surface area contributed by atoms with E-state index >= 15 is 0 Å². The summed E-state index contributed by atoms with van der Waals surface area (Å²) in [6.45, 7) is 2.09. The Morgan fingerprint density at radius 3 is 3.05 bits per heavy atom. The first-order chi connectivity index (χ1) is 10.2. The van der Waals surface area contributed by atoms with E-state index in [9.17, 15) is 4.79 Å². The van der Waals surface area contributed by atoms with Gasteiger partial charge in [-0.05, 0) is 22.0 Å². The quantitative estimate of drug-likeness (QED) is 0.790. The zero-order chi connectivity index (χ0) is 14.7. The maximum Gasteiger partial charge on any atom is 0.227 e. The fraction of sp³-hybridized carbons (Fsp3) is 0.385. The molecule has 2 aromatic rings. The Kier molecular flexibility index (Phi) is 6.79. The summed E-state index contributed by atoms with van der Waals surface area (Å²) >= 11 is 6.49. The summed E-state index contributed by atoms with van der Waals surface area (Å²) in [6.07, 6.45) is 0.402. The van der Waals surface area contributed by atoms with E-state index in [2.05, 4.69) is 31.5 Å². The van der Waals surface area contributed by atoms with Crippen molar-refractivity contribution in [3.8, 4) is 10.6 Å². The molecular weight excluding hydrogens is 410 g/mol. The molecule has 0 aliphatic carbocycles. The maximum absolute atomic E-state index is 12.0. The highest BCUT2D eigenvalue weighted by atomic mass is 79.9. The molecule has 0 saturated carbocycles. The standard InChI is InChI=1S/C13H14BrN3O2S2.ClH/c14-8-3-11(20-6-8)10-7-21-13(16-10)17-12(18)4-9-5-19-2-1-15-9;/h3,6-7,9,15H,1-2,4-5H2,(H,16,17,18);1H. The van der Waals surface area contributed by atoms with E-state index in [0.717, 1.165) is 21.6 Å². The Bertz CT molecular complexity index is 628.